The van der Waals surface area contributed by atoms with E-state index in [2.05, 4.69) is 10.3 Å². The molecule has 2 aromatic carbocycles. The predicted octanol–water partition coefficient (Wildman–Crippen LogP) is 4.82. The molecule has 8 heteroatoms. The number of halogens is 3. The van der Waals surface area contributed by atoms with Crippen molar-refractivity contribution < 1.29 is 22.4 Å². The topological polar surface area (TPSA) is 58.4 Å². The first-order valence-electron chi connectivity index (χ1n) is 10.00. The van der Waals surface area contributed by atoms with Crippen LogP contribution < -0.4 is 5.32 Å². The number of benzene rings is 2. The van der Waals surface area contributed by atoms with Crippen LogP contribution in [0.15, 0.2) is 53.1 Å². The normalized spacial score (nSPS) is 12.2. The summed E-state index contributed by atoms with van der Waals surface area (Å²) in [7, 11) is 0. The van der Waals surface area contributed by atoms with Crippen molar-refractivity contribution >= 4 is 5.91 Å². The van der Waals surface area contributed by atoms with Gasteiger partial charge in [0.15, 0.2) is 5.69 Å². The Hall–Kier alpha value is -3.13. The van der Waals surface area contributed by atoms with Gasteiger partial charge in [-0.05, 0) is 37.1 Å². The van der Waals surface area contributed by atoms with Crippen LogP contribution in [0.2, 0.25) is 0 Å². The maximum atomic E-state index is 14.2. The zero-order valence-corrected chi connectivity index (χ0v) is 17.4. The highest BCUT2D eigenvalue weighted by atomic mass is 19.1. The highest BCUT2D eigenvalue weighted by molar-refractivity contribution is 5.92. The Morgan fingerprint density at radius 2 is 1.77 bits per heavy atom. The number of aromatic nitrogens is 1. The molecule has 0 aliphatic rings. The minimum atomic E-state index is -0.662. The third-order valence-electron chi connectivity index (χ3n) is 4.86. The highest BCUT2D eigenvalue weighted by Crippen LogP contribution is 2.17. The fourth-order valence-corrected chi connectivity index (χ4v) is 2.99. The first-order valence-corrected chi connectivity index (χ1v) is 10.00. The van der Waals surface area contributed by atoms with Gasteiger partial charge in [-0.3, -0.25) is 9.69 Å². The number of hydrogen-bond donors (Lipinski definition) is 1. The Morgan fingerprint density at radius 1 is 1.06 bits per heavy atom. The van der Waals surface area contributed by atoms with Gasteiger partial charge in [-0.25, -0.2) is 18.2 Å². The average molecular weight is 431 g/mol. The summed E-state index contributed by atoms with van der Waals surface area (Å²) in [5, 5.41) is 2.81. The quantitative estimate of drug-likeness (QED) is 0.528. The van der Waals surface area contributed by atoms with Crippen molar-refractivity contribution in [2.75, 3.05) is 0 Å². The monoisotopic (exact) mass is 431 g/mol. The summed E-state index contributed by atoms with van der Waals surface area (Å²) in [5.41, 5.74) is 1.25. The summed E-state index contributed by atoms with van der Waals surface area (Å²) in [5.74, 6) is -1.73. The molecule has 1 N–H and O–H groups in total. The maximum absolute atomic E-state index is 14.2. The number of hydrogen-bond acceptors (Lipinski definition) is 4. The molecular weight excluding hydrogens is 407 g/mol. The highest BCUT2D eigenvalue weighted by Gasteiger charge is 2.18. The predicted molar refractivity (Wildman–Crippen MR) is 109 cm³/mol. The van der Waals surface area contributed by atoms with Crippen molar-refractivity contribution in [1.29, 1.82) is 0 Å². The van der Waals surface area contributed by atoms with E-state index in [1.165, 1.54) is 30.5 Å². The van der Waals surface area contributed by atoms with Crippen LogP contribution in [-0.2, 0) is 19.6 Å². The van der Waals surface area contributed by atoms with Crippen LogP contribution in [0, 0.1) is 17.5 Å². The van der Waals surface area contributed by atoms with Gasteiger partial charge in [0.1, 0.15) is 23.7 Å². The van der Waals surface area contributed by atoms with E-state index in [0.29, 0.717) is 12.1 Å². The first-order chi connectivity index (χ1) is 14.8. The van der Waals surface area contributed by atoms with Crippen molar-refractivity contribution in [3.63, 3.8) is 0 Å². The molecule has 3 aromatic rings. The molecule has 5 nitrogen and oxygen atoms in total. The van der Waals surface area contributed by atoms with Gasteiger partial charge >= 0.3 is 0 Å². The molecule has 0 fully saturated rings. The van der Waals surface area contributed by atoms with E-state index in [9.17, 15) is 18.0 Å². The summed E-state index contributed by atoms with van der Waals surface area (Å²) in [6, 6.07) is 9.34. The molecule has 3 rings (SSSR count). The number of rotatable bonds is 9. The van der Waals surface area contributed by atoms with E-state index in [1.54, 1.807) is 12.1 Å². The largest absolute Gasteiger partial charge is 0.447 e. The fraction of sp³-hybridized carbons (Fsp3) is 0.304. The summed E-state index contributed by atoms with van der Waals surface area (Å²) < 4.78 is 46.1. The van der Waals surface area contributed by atoms with E-state index in [-0.39, 0.29) is 42.4 Å². The Balaban J connectivity index is 1.77. The van der Waals surface area contributed by atoms with Gasteiger partial charge < -0.3 is 9.73 Å². The molecule has 0 bridgehead atoms. The van der Waals surface area contributed by atoms with E-state index < -0.39 is 11.6 Å². The molecule has 1 heterocycles. The van der Waals surface area contributed by atoms with Crippen LogP contribution in [0.3, 0.4) is 0 Å². The van der Waals surface area contributed by atoms with Crippen LogP contribution in [0.1, 0.15) is 47.8 Å². The third-order valence-corrected chi connectivity index (χ3v) is 4.86. The van der Waals surface area contributed by atoms with Gasteiger partial charge in [0.25, 0.3) is 5.91 Å². The van der Waals surface area contributed by atoms with E-state index in [0.717, 1.165) is 18.1 Å². The molecule has 0 radical (unpaired) electrons. The minimum Gasteiger partial charge on any atom is -0.447 e. The standard InChI is InChI=1S/C23H24F3N3O2/c1-3-15(2)27-23(30)21-14-31-22(28-21)13-29(11-16-4-7-18(24)8-5-16)12-17-6-9-19(25)10-20(17)26/h4-10,14-15H,3,11-13H2,1-2H3,(H,27,30). The Labute approximate surface area is 178 Å². The molecule has 1 atom stereocenters. The lowest BCUT2D eigenvalue weighted by molar-refractivity contribution is 0.0934. The Bertz CT molecular complexity index is 1020. The lowest BCUT2D eigenvalue weighted by Gasteiger charge is -2.21. The maximum Gasteiger partial charge on any atom is 0.273 e. The van der Waals surface area contributed by atoms with Crippen LogP contribution in [0.25, 0.3) is 0 Å². The molecule has 1 unspecified atom stereocenters. The van der Waals surface area contributed by atoms with Crippen LogP contribution in [0.5, 0.6) is 0 Å². The molecule has 0 saturated carbocycles. The van der Waals surface area contributed by atoms with E-state index in [1.807, 2.05) is 18.7 Å². The molecule has 0 aliphatic heterocycles. The second kappa shape index (κ2) is 10.3. The summed E-state index contributed by atoms with van der Waals surface area (Å²) in [6.45, 7) is 4.50. The Morgan fingerprint density at radius 3 is 2.45 bits per heavy atom. The molecular formula is C23H24F3N3O2. The fourth-order valence-electron chi connectivity index (χ4n) is 2.99. The number of amides is 1. The van der Waals surface area contributed by atoms with Gasteiger partial charge in [0.2, 0.25) is 5.89 Å². The van der Waals surface area contributed by atoms with Crippen LogP contribution in [-0.4, -0.2) is 21.8 Å². The molecule has 0 saturated heterocycles. The smallest absolute Gasteiger partial charge is 0.273 e. The van der Waals surface area contributed by atoms with Gasteiger partial charge in [-0.2, -0.15) is 0 Å². The molecule has 164 valence electrons. The second-order valence-corrected chi connectivity index (χ2v) is 7.42. The van der Waals surface area contributed by atoms with Crippen molar-refractivity contribution in [2.45, 2.75) is 45.9 Å². The lowest BCUT2D eigenvalue weighted by Crippen LogP contribution is -2.32. The molecule has 0 aliphatic carbocycles. The summed E-state index contributed by atoms with van der Waals surface area (Å²) in [6.07, 6.45) is 2.06. The molecule has 0 spiro atoms. The number of carbonyl (C=O) groups excluding carboxylic acids is 1. The number of nitrogens with zero attached hydrogens (tertiary/aromatic N) is 2. The van der Waals surface area contributed by atoms with Gasteiger partial charge in [0.05, 0.1) is 6.54 Å². The molecule has 31 heavy (non-hydrogen) atoms. The molecule has 1 aromatic heterocycles. The number of nitrogens with one attached hydrogen (secondary N) is 1. The summed E-state index contributed by atoms with van der Waals surface area (Å²) in [4.78, 5) is 18.3. The van der Waals surface area contributed by atoms with E-state index in [4.69, 9.17) is 4.42 Å². The Kier molecular flexibility index (Phi) is 7.46. The zero-order valence-electron chi connectivity index (χ0n) is 17.4. The summed E-state index contributed by atoms with van der Waals surface area (Å²) >= 11 is 0. The van der Waals surface area contributed by atoms with Crippen LogP contribution >= 0.6 is 0 Å². The van der Waals surface area contributed by atoms with Gasteiger partial charge in [0, 0.05) is 30.8 Å². The molecule has 1 amide bonds. The second-order valence-electron chi connectivity index (χ2n) is 7.42. The van der Waals surface area contributed by atoms with Crippen LogP contribution in [0.4, 0.5) is 13.2 Å². The minimum absolute atomic E-state index is 0.00377. The van der Waals surface area contributed by atoms with Crippen molar-refractivity contribution in [3.8, 4) is 0 Å². The van der Waals surface area contributed by atoms with Gasteiger partial charge in [-0.15, -0.1) is 0 Å². The SMILES string of the molecule is CCC(C)NC(=O)c1coc(CN(Cc2ccc(F)cc2)Cc2ccc(F)cc2F)n1. The zero-order chi connectivity index (χ0) is 22.4. The van der Waals surface area contributed by atoms with Crippen molar-refractivity contribution in [2.24, 2.45) is 0 Å². The van der Waals surface area contributed by atoms with E-state index >= 15 is 0 Å². The lowest BCUT2D eigenvalue weighted by atomic mass is 10.1. The third kappa shape index (κ3) is 6.42. The van der Waals surface area contributed by atoms with Crippen molar-refractivity contribution in [1.82, 2.24) is 15.2 Å². The first kappa shape index (κ1) is 22.6. The average Bonchev–Trinajstić information content (AvgIpc) is 3.20. The van der Waals surface area contributed by atoms with Crippen molar-refractivity contribution in [3.05, 3.63) is 88.9 Å². The number of carbonyl (C=O) groups is 1. The van der Waals surface area contributed by atoms with Gasteiger partial charge in [-0.1, -0.05) is 25.1 Å². The number of oxazole rings is 1.